The highest BCUT2D eigenvalue weighted by atomic mass is 32.1. The Labute approximate surface area is 167 Å². The van der Waals surface area contributed by atoms with E-state index in [0.29, 0.717) is 5.56 Å². The van der Waals surface area contributed by atoms with Gasteiger partial charge in [-0.1, -0.05) is 17.7 Å². The summed E-state index contributed by atoms with van der Waals surface area (Å²) in [5.41, 5.74) is 8.36. The molecule has 0 radical (unpaired) electrons. The molecule has 7 nitrogen and oxygen atoms in total. The van der Waals surface area contributed by atoms with E-state index < -0.39 is 17.9 Å². The largest absolute Gasteiger partial charge is 0.462 e. The summed E-state index contributed by atoms with van der Waals surface area (Å²) in [4.78, 5) is 37.2. The molecule has 0 unspecified atom stereocenters. The van der Waals surface area contributed by atoms with E-state index in [-0.39, 0.29) is 40.8 Å². The number of esters is 3. The van der Waals surface area contributed by atoms with E-state index in [1.807, 2.05) is 13.0 Å². The quantitative estimate of drug-likeness (QED) is 0.553. The molecule has 0 aliphatic carbocycles. The summed E-state index contributed by atoms with van der Waals surface area (Å²) >= 11 is 0.907. The smallest absolute Gasteiger partial charge is 0.348 e. The molecule has 0 fully saturated rings. The molecule has 2 aromatic rings. The van der Waals surface area contributed by atoms with Crippen LogP contribution in [0.4, 0.5) is 5.00 Å². The van der Waals surface area contributed by atoms with Crippen molar-refractivity contribution in [1.29, 1.82) is 0 Å². The van der Waals surface area contributed by atoms with Crippen LogP contribution in [0.5, 0.6) is 0 Å². The standard InChI is InChI=1S/C20H23NO6S/c1-5-25-19(23)15-14(16(28-17(15)21)20(24)26-6-2)10-27-18(22)13-8-7-11(3)9-12(13)4/h7-9H,5-6,10,21H2,1-4H3. The highest BCUT2D eigenvalue weighted by Gasteiger charge is 2.28. The number of nitrogens with two attached hydrogens (primary N) is 1. The third-order valence-corrected chi connectivity index (χ3v) is 4.97. The number of anilines is 1. The Hall–Kier alpha value is -2.87. The van der Waals surface area contributed by atoms with Crippen LogP contribution in [-0.2, 0) is 20.8 Å². The summed E-state index contributed by atoms with van der Waals surface area (Å²) in [5, 5.41) is 0.110. The van der Waals surface area contributed by atoms with Crippen LogP contribution in [0, 0.1) is 13.8 Å². The molecule has 150 valence electrons. The van der Waals surface area contributed by atoms with Crippen LogP contribution in [0.25, 0.3) is 0 Å². The van der Waals surface area contributed by atoms with Crippen molar-refractivity contribution < 1.29 is 28.6 Å². The van der Waals surface area contributed by atoms with Crippen molar-refractivity contribution in [1.82, 2.24) is 0 Å². The van der Waals surface area contributed by atoms with Crippen LogP contribution in [0.1, 0.15) is 60.9 Å². The predicted molar refractivity (Wildman–Crippen MR) is 106 cm³/mol. The van der Waals surface area contributed by atoms with Gasteiger partial charge in [0.05, 0.1) is 18.8 Å². The van der Waals surface area contributed by atoms with Gasteiger partial charge in [-0.05, 0) is 39.3 Å². The molecule has 0 saturated heterocycles. The zero-order valence-corrected chi connectivity index (χ0v) is 17.1. The lowest BCUT2D eigenvalue weighted by atomic mass is 10.1. The van der Waals surface area contributed by atoms with Gasteiger partial charge in [0, 0.05) is 5.56 Å². The third-order valence-electron chi connectivity index (χ3n) is 3.92. The Balaban J connectivity index is 2.34. The molecule has 0 aliphatic heterocycles. The Morgan fingerprint density at radius 3 is 2.21 bits per heavy atom. The van der Waals surface area contributed by atoms with Crippen molar-refractivity contribution in [3.63, 3.8) is 0 Å². The summed E-state index contributed by atoms with van der Waals surface area (Å²) < 4.78 is 15.4. The summed E-state index contributed by atoms with van der Waals surface area (Å²) in [6.07, 6.45) is 0. The second kappa shape index (κ2) is 9.36. The minimum absolute atomic E-state index is 0.0309. The van der Waals surface area contributed by atoms with E-state index >= 15 is 0 Å². The number of hydrogen-bond acceptors (Lipinski definition) is 8. The molecule has 0 amide bonds. The van der Waals surface area contributed by atoms with Crippen LogP contribution >= 0.6 is 11.3 Å². The first kappa shape index (κ1) is 21.4. The Bertz CT molecular complexity index is 902. The van der Waals surface area contributed by atoms with Gasteiger partial charge in [-0.3, -0.25) is 0 Å². The molecule has 1 aromatic carbocycles. The molecule has 2 N–H and O–H groups in total. The van der Waals surface area contributed by atoms with Crippen LogP contribution in [0.15, 0.2) is 18.2 Å². The lowest BCUT2D eigenvalue weighted by Gasteiger charge is -2.10. The summed E-state index contributed by atoms with van der Waals surface area (Å²) in [6.45, 7) is 7.06. The van der Waals surface area contributed by atoms with Crippen LogP contribution in [0.3, 0.4) is 0 Å². The van der Waals surface area contributed by atoms with Crippen LogP contribution < -0.4 is 5.73 Å². The fourth-order valence-electron chi connectivity index (χ4n) is 2.67. The average Bonchev–Trinajstić information content (AvgIpc) is 2.96. The van der Waals surface area contributed by atoms with Crippen molar-refractivity contribution in [3.05, 3.63) is 50.9 Å². The predicted octanol–water partition coefficient (Wildman–Crippen LogP) is 3.66. The maximum Gasteiger partial charge on any atom is 0.348 e. The van der Waals surface area contributed by atoms with Gasteiger partial charge in [-0.25, -0.2) is 14.4 Å². The molecule has 0 aliphatic rings. The van der Waals surface area contributed by atoms with Gasteiger partial charge in [0.15, 0.2) is 0 Å². The van der Waals surface area contributed by atoms with Gasteiger partial charge in [-0.15, -0.1) is 11.3 Å². The lowest BCUT2D eigenvalue weighted by molar-refractivity contribution is 0.0437. The van der Waals surface area contributed by atoms with Crippen molar-refractivity contribution in [2.75, 3.05) is 18.9 Å². The molecular formula is C20H23NO6S. The van der Waals surface area contributed by atoms with Gasteiger partial charge in [0.25, 0.3) is 0 Å². The molecule has 8 heteroatoms. The number of benzene rings is 1. The van der Waals surface area contributed by atoms with Gasteiger partial charge in [-0.2, -0.15) is 0 Å². The van der Waals surface area contributed by atoms with E-state index in [9.17, 15) is 14.4 Å². The van der Waals surface area contributed by atoms with Gasteiger partial charge < -0.3 is 19.9 Å². The molecular weight excluding hydrogens is 382 g/mol. The summed E-state index contributed by atoms with van der Waals surface area (Å²) in [5.74, 6) is -1.87. The van der Waals surface area contributed by atoms with Gasteiger partial charge in [0.2, 0.25) is 0 Å². The van der Waals surface area contributed by atoms with Gasteiger partial charge >= 0.3 is 17.9 Å². The molecule has 0 bridgehead atoms. The van der Waals surface area contributed by atoms with Gasteiger partial charge in [0.1, 0.15) is 22.0 Å². The topological polar surface area (TPSA) is 105 Å². The molecule has 1 aromatic heterocycles. The first-order valence-corrected chi connectivity index (χ1v) is 9.61. The molecule has 0 saturated carbocycles. The number of carbonyl (C=O) groups is 3. The Morgan fingerprint density at radius 1 is 0.964 bits per heavy atom. The van der Waals surface area contributed by atoms with E-state index in [4.69, 9.17) is 19.9 Å². The van der Waals surface area contributed by atoms with E-state index in [1.165, 1.54) is 0 Å². The number of thiophene rings is 1. The Kier molecular flexibility index (Phi) is 7.17. The highest BCUT2D eigenvalue weighted by molar-refractivity contribution is 7.18. The normalized spacial score (nSPS) is 10.4. The first-order chi connectivity index (χ1) is 13.3. The highest BCUT2D eigenvalue weighted by Crippen LogP contribution is 2.33. The molecule has 2 rings (SSSR count). The Morgan fingerprint density at radius 2 is 1.61 bits per heavy atom. The van der Waals surface area contributed by atoms with Crippen LogP contribution in [0.2, 0.25) is 0 Å². The zero-order chi connectivity index (χ0) is 20.8. The second-order valence-electron chi connectivity index (χ2n) is 5.98. The van der Waals surface area contributed by atoms with Crippen molar-refractivity contribution in [3.8, 4) is 0 Å². The minimum atomic E-state index is -0.677. The molecule has 1 heterocycles. The fraction of sp³-hybridized carbons (Fsp3) is 0.350. The van der Waals surface area contributed by atoms with Crippen LogP contribution in [-0.4, -0.2) is 31.1 Å². The SMILES string of the molecule is CCOC(=O)c1sc(N)c(C(=O)OCC)c1COC(=O)c1ccc(C)cc1C. The van der Waals surface area contributed by atoms with Crippen molar-refractivity contribution in [2.24, 2.45) is 0 Å². The van der Waals surface area contributed by atoms with Crippen molar-refractivity contribution in [2.45, 2.75) is 34.3 Å². The first-order valence-electron chi connectivity index (χ1n) is 8.79. The maximum absolute atomic E-state index is 12.5. The molecule has 0 spiro atoms. The van der Waals surface area contributed by atoms with E-state index in [0.717, 1.165) is 22.5 Å². The summed E-state index contributed by atoms with van der Waals surface area (Å²) in [7, 11) is 0. The third kappa shape index (κ3) is 4.69. The lowest BCUT2D eigenvalue weighted by Crippen LogP contribution is -2.14. The molecule has 0 atom stereocenters. The fourth-order valence-corrected chi connectivity index (χ4v) is 3.62. The number of aryl methyl sites for hydroxylation is 2. The van der Waals surface area contributed by atoms with E-state index in [2.05, 4.69) is 0 Å². The number of rotatable bonds is 7. The number of carbonyl (C=O) groups excluding carboxylic acids is 3. The molecule has 28 heavy (non-hydrogen) atoms. The maximum atomic E-state index is 12.5. The monoisotopic (exact) mass is 405 g/mol. The second-order valence-corrected chi connectivity index (χ2v) is 7.04. The van der Waals surface area contributed by atoms with Crippen molar-refractivity contribution >= 4 is 34.2 Å². The number of hydrogen-bond donors (Lipinski definition) is 1. The van der Waals surface area contributed by atoms with E-state index in [1.54, 1.807) is 32.9 Å². The average molecular weight is 405 g/mol. The number of nitrogen functional groups attached to an aromatic ring is 1. The zero-order valence-electron chi connectivity index (χ0n) is 16.3. The number of ether oxygens (including phenoxy) is 3. The minimum Gasteiger partial charge on any atom is -0.462 e. The summed E-state index contributed by atoms with van der Waals surface area (Å²) in [6, 6.07) is 5.35.